The maximum absolute atomic E-state index is 12.0. The Hall–Kier alpha value is -0.590. The number of carbonyl (C=O) groups is 1. The van der Waals surface area contributed by atoms with Crippen LogP contribution in [0.4, 0.5) is 0 Å². The summed E-state index contributed by atoms with van der Waals surface area (Å²) in [6, 6.07) is 0. The van der Waals surface area contributed by atoms with Crippen molar-refractivity contribution in [3.8, 4) is 0 Å². The number of rotatable bonds is 0. The SMILES string of the molecule is CC1=CC(=O)C(C)(C)C2(C)C(C)C12C. The number of hydrogen-bond acceptors (Lipinski definition) is 1. The van der Waals surface area contributed by atoms with Gasteiger partial charge in [0.15, 0.2) is 5.78 Å². The van der Waals surface area contributed by atoms with Gasteiger partial charge in [-0.15, -0.1) is 0 Å². The van der Waals surface area contributed by atoms with Crippen LogP contribution in [-0.2, 0) is 4.79 Å². The molecule has 0 aromatic carbocycles. The van der Waals surface area contributed by atoms with Gasteiger partial charge >= 0.3 is 0 Å². The first-order valence-corrected chi connectivity index (χ1v) is 5.44. The predicted octanol–water partition coefficient (Wildman–Crippen LogP) is 3.20. The summed E-state index contributed by atoms with van der Waals surface area (Å²) in [4.78, 5) is 12.0. The van der Waals surface area contributed by atoms with Gasteiger partial charge in [-0.2, -0.15) is 0 Å². The lowest BCUT2D eigenvalue weighted by atomic mass is 9.64. The van der Waals surface area contributed by atoms with E-state index in [1.54, 1.807) is 0 Å². The minimum atomic E-state index is -0.194. The average molecular weight is 192 g/mol. The quantitative estimate of drug-likeness (QED) is 0.576. The van der Waals surface area contributed by atoms with E-state index in [0.717, 1.165) is 0 Å². The van der Waals surface area contributed by atoms with Crippen molar-refractivity contribution in [1.29, 1.82) is 0 Å². The van der Waals surface area contributed by atoms with Gasteiger partial charge in [0.05, 0.1) is 0 Å². The second-order valence-electron chi connectivity index (χ2n) is 5.94. The van der Waals surface area contributed by atoms with Crippen LogP contribution in [0.5, 0.6) is 0 Å². The Balaban J connectivity index is 2.63. The average Bonchev–Trinajstić information content (AvgIpc) is 2.54. The summed E-state index contributed by atoms with van der Waals surface area (Å²) in [5.41, 5.74) is 1.50. The molecule has 78 valence electrons. The van der Waals surface area contributed by atoms with Crippen LogP contribution in [0.25, 0.3) is 0 Å². The topological polar surface area (TPSA) is 17.1 Å². The molecule has 1 fully saturated rings. The van der Waals surface area contributed by atoms with E-state index in [9.17, 15) is 4.79 Å². The molecule has 2 aliphatic carbocycles. The van der Waals surface area contributed by atoms with Gasteiger partial charge in [-0.25, -0.2) is 0 Å². The Morgan fingerprint density at radius 2 is 1.71 bits per heavy atom. The summed E-state index contributed by atoms with van der Waals surface area (Å²) in [5, 5.41) is 0. The fourth-order valence-corrected chi connectivity index (χ4v) is 3.78. The van der Waals surface area contributed by atoms with Gasteiger partial charge in [0.2, 0.25) is 0 Å². The van der Waals surface area contributed by atoms with E-state index in [4.69, 9.17) is 0 Å². The molecule has 0 bridgehead atoms. The van der Waals surface area contributed by atoms with Gasteiger partial charge < -0.3 is 0 Å². The lowest BCUT2D eigenvalue weighted by molar-refractivity contribution is -0.127. The highest BCUT2D eigenvalue weighted by Gasteiger charge is 2.77. The molecule has 0 aliphatic heterocycles. The van der Waals surface area contributed by atoms with Crippen LogP contribution in [0.2, 0.25) is 0 Å². The van der Waals surface area contributed by atoms with Gasteiger partial charge in [0.25, 0.3) is 0 Å². The zero-order valence-electron chi connectivity index (χ0n) is 10.1. The minimum Gasteiger partial charge on any atom is -0.294 e. The van der Waals surface area contributed by atoms with Gasteiger partial charge in [0, 0.05) is 5.41 Å². The maximum atomic E-state index is 12.0. The Bertz CT molecular complexity index is 350. The van der Waals surface area contributed by atoms with Gasteiger partial charge in [0.1, 0.15) is 0 Å². The first-order valence-electron chi connectivity index (χ1n) is 5.44. The van der Waals surface area contributed by atoms with Crippen LogP contribution in [-0.4, -0.2) is 5.78 Å². The lowest BCUT2D eigenvalue weighted by Gasteiger charge is -2.38. The van der Waals surface area contributed by atoms with Crippen molar-refractivity contribution in [2.45, 2.75) is 41.5 Å². The van der Waals surface area contributed by atoms with Crippen LogP contribution in [0.1, 0.15) is 41.5 Å². The van der Waals surface area contributed by atoms with E-state index in [-0.39, 0.29) is 16.2 Å². The molecule has 0 aromatic rings. The summed E-state index contributed by atoms with van der Waals surface area (Å²) in [6.45, 7) is 13.1. The molecule has 0 aromatic heterocycles. The minimum absolute atomic E-state index is 0.163. The molecule has 0 amide bonds. The maximum Gasteiger partial charge on any atom is 0.161 e. The van der Waals surface area contributed by atoms with Crippen LogP contribution in [0, 0.1) is 22.2 Å². The zero-order chi connectivity index (χ0) is 10.9. The second-order valence-corrected chi connectivity index (χ2v) is 5.94. The molecule has 1 saturated carbocycles. The van der Waals surface area contributed by atoms with Crippen molar-refractivity contribution < 1.29 is 4.79 Å². The fourth-order valence-electron chi connectivity index (χ4n) is 3.78. The Morgan fingerprint density at radius 3 is 2.21 bits per heavy atom. The molecule has 0 heterocycles. The van der Waals surface area contributed by atoms with Crippen LogP contribution in [0.15, 0.2) is 11.6 Å². The summed E-state index contributed by atoms with van der Waals surface area (Å²) < 4.78 is 0. The van der Waals surface area contributed by atoms with E-state index in [1.165, 1.54) is 5.57 Å². The van der Waals surface area contributed by atoms with Crippen molar-refractivity contribution in [2.75, 3.05) is 0 Å². The third-order valence-corrected chi connectivity index (χ3v) is 5.81. The highest BCUT2D eigenvalue weighted by Crippen LogP contribution is 2.80. The van der Waals surface area contributed by atoms with Crippen molar-refractivity contribution in [1.82, 2.24) is 0 Å². The molecule has 0 N–H and O–H groups in total. The summed E-state index contributed by atoms with van der Waals surface area (Å²) in [7, 11) is 0. The molecule has 2 rings (SSSR count). The molecular weight excluding hydrogens is 172 g/mol. The smallest absolute Gasteiger partial charge is 0.161 e. The molecule has 2 aliphatic rings. The van der Waals surface area contributed by atoms with Crippen LogP contribution < -0.4 is 0 Å². The van der Waals surface area contributed by atoms with Crippen LogP contribution in [0.3, 0.4) is 0 Å². The fraction of sp³-hybridized carbons (Fsp3) is 0.769. The monoisotopic (exact) mass is 192 g/mol. The molecule has 0 saturated heterocycles. The van der Waals surface area contributed by atoms with Crippen molar-refractivity contribution in [3.63, 3.8) is 0 Å². The van der Waals surface area contributed by atoms with E-state index >= 15 is 0 Å². The first kappa shape index (κ1) is 9.95. The summed E-state index contributed by atoms with van der Waals surface area (Å²) in [5.74, 6) is 0.923. The number of carbonyl (C=O) groups excluding carboxylic acids is 1. The standard InChI is InChI=1S/C13H20O/c1-8-7-10(14)11(3,4)13(6)9(2)12(8,13)5/h7,9H,1-6H3. The zero-order valence-corrected chi connectivity index (χ0v) is 10.1. The third kappa shape index (κ3) is 0.656. The second kappa shape index (κ2) is 2.15. The largest absolute Gasteiger partial charge is 0.294 e. The molecular formula is C13H20O. The molecule has 1 nitrogen and oxygen atoms in total. The molecule has 14 heavy (non-hydrogen) atoms. The number of fused-ring (bicyclic) bond motifs is 1. The van der Waals surface area contributed by atoms with Crippen molar-refractivity contribution in [3.05, 3.63) is 11.6 Å². The molecule has 1 heteroatoms. The predicted molar refractivity (Wildman–Crippen MR) is 57.9 cm³/mol. The van der Waals surface area contributed by atoms with E-state index in [0.29, 0.717) is 11.7 Å². The van der Waals surface area contributed by atoms with E-state index in [2.05, 4.69) is 41.5 Å². The third-order valence-electron chi connectivity index (χ3n) is 5.81. The van der Waals surface area contributed by atoms with Gasteiger partial charge in [-0.1, -0.05) is 40.2 Å². The Morgan fingerprint density at radius 1 is 1.21 bits per heavy atom. The van der Waals surface area contributed by atoms with E-state index in [1.807, 2.05) is 6.08 Å². The Labute approximate surface area is 86.6 Å². The van der Waals surface area contributed by atoms with Crippen molar-refractivity contribution >= 4 is 5.78 Å². The Kier molecular flexibility index (Phi) is 1.53. The number of allylic oxidation sites excluding steroid dienone is 2. The highest BCUT2D eigenvalue weighted by atomic mass is 16.1. The highest BCUT2D eigenvalue weighted by molar-refractivity contribution is 5.98. The molecule has 3 atom stereocenters. The van der Waals surface area contributed by atoms with Gasteiger partial charge in [-0.3, -0.25) is 4.79 Å². The summed E-state index contributed by atoms with van der Waals surface area (Å²) >= 11 is 0. The number of ketones is 1. The summed E-state index contributed by atoms with van der Waals surface area (Å²) in [6.07, 6.45) is 1.87. The number of hydrogen-bond donors (Lipinski definition) is 0. The van der Waals surface area contributed by atoms with Gasteiger partial charge in [-0.05, 0) is 29.7 Å². The normalized spacial score (nSPS) is 49.7. The molecule has 3 unspecified atom stereocenters. The molecule has 0 radical (unpaired) electrons. The molecule has 0 spiro atoms. The first-order chi connectivity index (χ1) is 6.20. The van der Waals surface area contributed by atoms with Crippen LogP contribution >= 0.6 is 0 Å². The van der Waals surface area contributed by atoms with E-state index < -0.39 is 0 Å². The van der Waals surface area contributed by atoms with Crippen molar-refractivity contribution in [2.24, 2.45) is 22.2 Å². The lowest BCUT2D eigenvalue weighted by Crippen LogP contribution is -2.38.